The lowest BCUT2D eigenvalue weighted by atomic mass is 9.97. The minimum absolute atomic E-state index is 0.000576. The van der Waals surface area contributed by atoms with Gasteiger partial charge in [-0.15, -0.1) is 17.8 Å². The fourth-order valence-corrected chi connectivity index (χ4v) is 4.98. The van der Waals surface area contributed by atoms with Gasteiger partial charge in [0.05, 0.1) is 11.9 Å². The van der Waals surface area contributed by atoms with Crippen molar-refractivity contribution in [3.63, 3.8) is 0 Å². The highest BCUT2D eigenvalue weighted by Crippen LogP contribution is 2.34. The van der Waals surface area contributed by atoms with Crippen LogP contribution in [0.4, 0.5) is 0 Å². The van der Waals surface area contributed by atoms with E-state index in [1.807, 2.05) is 24.3 Å². The molecule has 3 aromatic rings. The van der Waals surface area contributed by atoms with E-state index in [4.69, 9.17) is 23.0 Å². The molecule has 4 rings (SSSR count). The molecule has 0 saturated carbocycles. The number of terminal acetylenes is 1. The van der Waals surface area contributed by atoms with Crippen LogP contribution in [0.25, 0.3) is 10.2 Å². The molecule has 2 aromatic heterocycles. The van der Waals surface area contributed by atoms with Crippen LogP contribution < -0.4 is 5.56 Å². The number of aromatic nitrogens is 2. The number of aryl methyl sites for hydroxylation is 2. The lowest BCUT2D eigenvalue weighted by molar-refractivity contribution is 0.694. The highest BCUT2D eigenvalue weighted by atomic mass is 35.5. The molecule has 0 atom stereocenters. The van der Waals surface area contributed by atoms with Gasteiger partial charge < -0.3 is 0 Å². The Morgan fingerprint density at radius 2 is 2.16 bits per heavy atom. The van der Waals surface area contributed by atoms with Crippen molar-refractivity contribution in [1.29, 1.82) is 0 Å². The molecule has 1 aliphatic carbocycles. The summed E-state index contributed by atoms with van der Waals surface area (Å²) in [5.74, 6) is 3.30. The zero-order valence-electron chi connectivity index (χ0n) is 13.7. The second-order valence-electron chi connectivity index (χ2n) is 6.32. The summed E-state index contributed by atoms with van der Waals surface area (Å²) in [6, 6.07) is 7.63. The largest absolute Gasteiger partial charge is 0.284 e. The third kappa shape index (κ3) is 2.99. The van der Waals surface area contributed by atoms with Crippen molar-refractivity contribution in [1.82, 2.24) is 9.55 Å². The molecule has 1 aromatic carbocycles. The maximum atomic E-state index is 13.1. The van der Waals surface area contributed by atoms with E-state index in [0.717, 1.165) is 35.0 Å². The predicted octanol–water partition coefficient (Wildman–Crippen LogP) is 4.21. The van der Waals surface area contributed by atoms with Crippen LogP contribution in [0.3, 0.4) is 0 Å². The molecule has 0 aliphatic heterocycles. The molecule has 2 heterocycles. The van der Waals surface area contributed by atoms with Gasteiger partial charge in [-0.3, -0.25) is 9.36 Å². The SMILES string of the molecule is C#CCn1c(Cc2cccc(Cl)c2)nc2sc3c(c2c1=O)CCCC3. The molecule has 1 aliphatic rings. The average molecular weight is 369 g/mol. The minimum atomic E-state index is -0.000576. The average Bonchev–Trinajstić information content (AvgIpc) is 2.96. The lowest BCUT2D eigenvalue weighted by Crippen LogP contribution is -2.25. The van der Waals surface area contributed by atoms with E-state index in [9.17, 15) is 4.79 Å². The van der Waals surface area contributed by atoms with Crippen LogP contribution in [0.15, 0.2) is 29.1 Å². The molecule has 0 fully saturated rings. The fraction of sp³-hybridized carbons (Fsp3) is 0.300. The van der Waals surface area contributed by atoms with Crippen LogP contribution >= 0.6 is 22.9 Å². The van der Waals surface area contributed by atoms with Gasteiger partial charge >= 0.3 is 0 Å². The molecular formula is C20H17ClN2OS. The molecule has 3 nitrogen and oxygen atoms in total. The number of nitrogens with zero attached hydrogens (tertiary/aromatic N) is 2. The summed E-state index contributed by atoms with van der Waals surface area (Å²) in [7, 11) is 0. The van der Waals surface area contributed by atoms with Crippen molar-refractivity contribution in [2.24, 2.45) is 0 Å². The lowest BCUT2D eigenvalue weighted by Gasteiger charge is -2.12. The van der Waals surface area contributed by atoms with Gasteiger partial charge in [0.25, 0.3) is 5.56 Å². The topological polar surface area (TPSA) is 34.9 Å². The first-order chi connectivity index (χ1) is 12.2. The van der Waals surface area contributed by atoms with Gasteiger partial charge in [0.2, 0.25) is 0 Å². The van der Waals surface area contributed by atoms with Crippen molar-refractivity contribution < 1.29 is 0 Å². The number of thiophene rings is 1. The molecule has 0 N–H and O–H groups in total. The first-order valence-electron chi connectivity index (χ1n) is 8.39. The summed E-state index contributed by atoms with van der Waals surface area (Å²) in [6.45, 7) is 0.238. The van der Waals surface area contributed by atoms with Crippen molar-refractivity contribution in [3.8, 4) is 12.3 Å². The zero-order valence-corrected chi connectivity index (χ0v) is 15.3. The van der Waals surface area contributed by atoms with Crippen molar-refractivity contribution >= 4 is 33.2 Å². The first-order valence-corrected chi connectivity index (χ1v) is 9.58. The smallest absolute Gasteiger partial charge is 0.263 e. The Morgan fingerprint density at radius 1 is 1.32 bits per heavy atom. The number of hydrogen-bond acceptors (Lipinski definition) is 3. The van der Waals surface area contributed by atoms with E-state index >= 15 is 0 Å². The normalized spacial score (nSPS) is 13.6. The second-order valence-corrected chi connectivity index (χ2v) is 7.84. The summed E-state index contributed by atoms with van der Waals surface area (Å²) in [5, 5.41) is 1.46. The molecule has 0 spiro atoms. The van der Waals surface area contributed by atoms with Gasteiger partial charge in [0.15, 0.2) is 0 Å². The van der Waals surface area contributed by atoms with Gasteiger partial charge in [-0.25, -0.2) is 4.98 Å². The fourth-order valence-electron chi connectivity index (χ4n) is 3.50. The second kappa shape index (κ2) is 6.67. The Bertz CT molecular complexity index is 1060. The van der Waals surface area contributed by atoms with Gasteiger partial charge in [-0.1, -0.05) is 29.7 Å². The highest BCUT2D eigenvalue weighted by molar-refractivity contribution is 7.18. The van der Waals surface area contributed by atoms with Gasteiger partial charge in [0.1, 0.15) is 10.7 Å². The molecule has 25 heavy (non-hydrogen) atoms. The molecule has 5 heteroatoms. The Labute approximate surface area is 155 Å². The van der Waals surface area contributed by atoms with Crippen molar-refractivity contribution in [3.05, 3.63) is 61.5 Å². The van der Waals surface area contributed by atoms with E-state index in [0.29, 0.717) is 17.3 Å². The summed E-state index contributed by atoms with van der Waals surface area (Å²) < 4.78 is 1.64. The number of fused-ring (bicyclic) bond motifs is 3. The summed E-state index contributed by atoms with van der Waals surface area (Å²) in [4.78, 5) is 20.1. The number of rotatable bonds is 3. The number of halogens is 1. The van der Waals surface area contributed by atoms with Crippen LogP contribution in [-0.2, 0) is 25.8 Å². The maximum absolute atomic E-state index is 13.1. The molecule has 0 unspecified atom stereocenters. The molecule has 0 radical (unpaired) electrons. The predicted molar refractivity (Wildman–Crippen MR) is 104 cm³/mol. The van der Waals surface area contributed by atoms with Gasteiger partial charge in [-0.05, 0) is 48.9 Å². The zero-order chi connectivity index (χ0) is 17.4. The number of benzene rings is 1. The number of hydrogen-bond donors (Lipinski definition) is 0. The van der Waals surface area contributed by atoms with Crippen LogP contribution in [0.2, 0.25) is 5.02 Å². The van der Waals surface area contributed by atoms with Crippen LogP contribution in [0, 0.1) is 12.3 Å². The van der Waals surface area contributed by atoms with E-state index in [1.54, 1.807) is 15.9 Å². The molecule has 0 bridgehead atoms. The van der Waals surface area contributed by atoms with Crippen molar-refractivity contribution in [2.75, 3.05) is 0 Å². The third-order valence-corrected chi connectivity index (χ3v) is 6.08. The molecule has 126 valence electrons. The Hall–Kier alpha value is -2.09. The van der Waals surface area contributed by atoms with E-state index in [-0.39, 0.29) is 12.1 Å². The molecule has 0 amide bonds. The Balaban J connectivity index is 1.90. The summed E-state index contributed by atoms with van der Waals surface area (Å²) in [5.41, 5.74) is 2.22. The maximum Gasteiger partial charge on any atom is 0.263 e. The summed E-state index contributed by atoms with van der Waals surface area (Å²) in [6.07, 6.45) is 10.4. The molecular weight excluding hydrogens is 352 g/mol. The monoisotopic (exact) mass is 368 g/mol. The molecule has 0 saturated heterocycles. The van der Waals surface area contributed by atoms with E-state index in [2.05, 4.69) is 5.92 Å². The van der Waals surface area contributed by atoms with Crippen LogP contribution in [-0.4, -0.2) is 9.55 Å². The van der Waals surface area contributed by atoms with E-state index < -0.39 is 0 Å². The van der Waals surface area contributed by atoms with Gasteiger partial charge in [0, 0.05) is 16.3 Å². The highest BCUT2D eigenvalue weighted by Gasteiger charge is 2.21. The Kier molecular flexibility index (Phi) is 4.37. The Morgan fingerprint density at radius 3 is 2.96 bits per heavy atom. The van der Waals surface area contributed by atoms with Crippen molar-refractivity contribution in [2.45, 2.75) is 38.6 Å². The van der Waals surface area contributed by atoms with Crippen LogP contribution in [0.1, 0.15) is 34.7 Å². The van der Waals surface area contributed by atoms with Gasteiger partial charge in [-0.2, -0.15) is 0 Å². The standard InChI is InChI=1S/C20H17ClN2OS/c1-2-10-23-17(12-13-6-5-7-14(21)11-13)22-19-18(20(23)24)15-8-3-4-9-16(15)25-19/h1,5-7,11H,3-4,8-10,12H2. The minimum Gasteiger partial charge on any atom is -0.284 e. The quantitative estimate of drug-likeness (QED) is 0.649. The third-order valence-electron chi connectivity index (χ3n) is 4.65. The van der Waals surface area contributed by atoms with Crippen LogP contribution in [0.5, 0.6) is 0 Å². The first kappa shape index (κ1) is 16.4. The summed E-state index contributed by atoms with van der Waals surface area (Å²) >= 11 is 7.75. The van der Waals surface area contributed by atoms with E-state index in [1.165, 1.54) is 16.9 Å².